The quantitative estimate of drug-likeness (QED) is 0.533. The van der Waals surface area contributed by atoms with Gasteiger partial charge in [0, 0.05) is 29.8 Å². The molecule has 4 rings (SSSR count). The molecule has 0 saturated carbocycles. The molecule has 1 aliphatic rings. The van der Waals surface area contributed by atoms with Gasteiger partial charge in [0.15, 0.2) is 5.11 Å². The molecule has 0 spiro atoms. The lowest BCUT2D eigenvalue weighted by atomic mass is 9.96. The molecule has 168 valence electrons. The van der Waals surface area contributed by atoms with Gasteiger partial charge in [-0.2, -0.15) is 0 Å². The van der Waals surface area contributed by atoms with E-state index in [2.05, 4.69) is 58.7 Å². The number of aromatic nitrogens is 2. The third kappa shape index (κ3) is 4.40. The van der Waals surface area contributed by atoms with Crippen molar-refractivity contribution in [3.8, 4) is 5.69 Å². The lowest BCUT2D eigenvalue weighted by molar-refractivity contribution is 0.292. The molecule has 1 saturated heterocycles. The van der Waals surface area contributed by atoms with Crippen LogP contribution in [0.15, 0.2) is 54.7 Å². The van der Waals surface area contributed by atoms with E-state index in [4.69, 9.17) is 12.2 Å². The van der Waals surface area contributed by atoms with E-state index in [1.165, 1.54) is 11.6 Å². The van der Waals surface area contributed by atoms with Crippen LogP contribution >= 0.6 is 12.2 Å². The minimum atomic E-state index is -0.239. The summed E-state index contributed by atoms with van der Waals surface area (Å²) in [5, 5.41) is 4.27. The Hall–Kier alpha value is -2.77. The van der Waals surface area contributed by atoms with E-state index < -0.39 is 0 Å². The Balaban J connectivity index is 1.77. The average Bonchev–Trinajstić information content (AvgIpc) is 3.24. The van der Waals surface area contributed by atoms with Gasteiger partial charge in [-0.15, -0.1) is 0 Å². The molecular weight excluding hydrogens is 421 g/mol. The van der Waals surface area contributed by atoms with Crippen LogP contribution in [0.3, 0.4) is 0 Å². The summed E-state index contributed by atoms with van der Waals surface area (Å²) in [5.74, 6) is -0.239. The van der Waals surface area contributed by atoms with Crippen LogP contribution in [0.2, 0.25) is 0 Å². The van der Waals surface area contributed by atoms with Crippen LogP contribution in [-0.4, -0.2) is 51.6 Å². The van der Waals surface area contributed by atoms with Gasteiger partial charge in [0.25, 0.3) is 0 Å². The number of halogens is 1. The standard InChI is InChI=1S/C25H30FN5S/c1-17-15-21(18(2)31(17)20-10-7-9-19(26)16-20)24-23(22-11-5-6-12-27-22)28-25(32)30(24)14-8-13-29(3)4/h5-7,9-12,15-16,23-24H,8,13-14H2,1-4H3,(H,28,32)/t23-,24+/m1/s1. The van der Waals surface area contributed by atoms with E-state index in [1.807, 2.05) is 30.5 Å². The summed E-state index contributed by atoms with van der Waals surface area (Å²) < 4.78 is 16.1. The highest BCUT2D eigenvalue weighted by Crippen LogP contribution is 2.41. The van der Waals surface area contributed by atoms with Crippen molar-refractivity contribution in [2.24, 2.45) is 0 Å². The van der Waals surface area contributed by atoms with Gasteiger partial charge >= 0.3 is 0 Å². The van der Waals surface area contributed by atoms with Crippen LogP contribution in [-0.2, 0) is 0 Å². The molecule has 2 atom stereocenters. The van der Waals surface area contributed by atoms with Crippen LogP contribution in [0.1, 0.15) is 41.1 Å². The van der Waals surface area contributed by atoms with Gasteiger partial charge in [0.05, 0.1) is 17.8 Å². The van der Waals surface area contributed by atoms with E-state index >= 15 is 0 Å². The molecular formula is C25H30FN5S. The smallest absolute Gasteiger partial charge is 0.170 e. The number of thiocarbonyl (C=S) groups is 1. The second-order valence-corrected chi connectivity index (χ2v) is 9.01. The van der Waals surface area contributed by atoms with Crippen LogP contribution in [0.4, 0.5) is 4.39 Å². The van der Waals surface area contributed by atoms with Crippen molar-refractivity contribution in [2.45, 2.75) is 32.4 Å². The molecule has 32 heavy (non-hydrogen) atoms. The number of aryl methyl sites for hydroxylation is 1. The van der Waals surface area contributed by atoms with Crippen LogP contribution in [0.25, 0.3) is 5.69 Å². The number of pyridine rings is 1. The molecule has 0 bridgehead atoms. The first kappa shape index (κ1) is 22.4. The van der Waals surface area contributed by atoms with Gasteiger partial charge in [0.2, 0.25) is 0 Å². The third-order valence-corrected chi connectivity index (χ3v) is 6.41. The van der Waals surface area contributed by atoms with Gasteiger partial charge in [-0.3, -0.25) is 4.98 Å². The molecule has 7 heteroatoms. The molecule has 0 radical (unpaired) electrons. The largest absolute Gasteiger partial charge is 0.352 e. The molecule has 3 aromatic rings. The number of nitrogens with one attached hydrogen (secondary N) is 1. The van der Waals surface area contributed by atoms with Gasteiger partial charge in [0.1, 0.15) is 5.82 Å². The molecule has 1 N–H and O–H groups in total. The van der Waals surface area contributed by atoms with Crippen molar-refractivity contribution in [3.05, 3.63) is 83.2 Å². The summed E-state index contributed by atoms with van der Waals surface area (Å²) >= 11 is 5.78. The van der Waals surface area contributed by atoms with Crippen molar-refractivity contribution in [1.29, 1.82) is 0 Å². The minimum Gasteiger partial charge on any atom is -0.352 e. The van der Waals surface area contributed by atoms with E-state index in [9.17, 15) is 4.39 Å². The first-order valence-electron chi connectivity index (χ1n) is 10.9. The molecule has 1 aliphatic heterocycles. The Morgan fingerprint density at radius 1 is 1.12 bits per heavy atom. The number of nitrogens with zero attached hydrogens (tertiary/aromatic N) is 4. The van der Waals surface area contributed by atoms with Crippen LogP contribution in [0.5, 0.6) is 0 Å². The summed E-state index contributed by atoms with van der Waals surface area (Å²) in [5.41, 5.74) is 5.12. The average molecular weight is 452 g/mol. The summed E-state index contributed by atoms with van der Waals surface area (Å²) in [7, 11) is 4.17. The maximum Gasteiger partial charge on any atom is 0.170 e. The summed E-state index contributed by atoms with van der Waals surface area (Å²) in [6, 6.07) is 14.9. The summed E-state index contributed by atoms with van der Waals surface area (Å²) in [6.07, 6.45) is 2.82. The van der Waals surface area contributed by atoms with Crippen LogP contribution in [0, 0.1) is 19.7 Å². The zero-order valence-electron chi connectivity index (χ0n) is 19.0. The normalized spacial score (nSPS) is 18.4. The highest BCUT2D eigenvalue weighted by atomic mass is 32.1. The molecule has 0 aliphatic carbocycles. The first-order chi connectivity index (χ1) is 15.4. The Labute approximate surface area is 194 Å². The molecule has 3 heterocycles. The molecule has 0 amide bonds. The fourth-order valence-electron chi connectivity index (χ4n) is 4.64. The monoisotopic (exact) mass is 451 g/mol. The van der Waals surface area contributed by atoms with Crippen molar-refractivity contribution in [3.63, 3.8) is 0 Å². The molecule has 0 unspecified atom stereocenters. The Morgan fingerprint density at radius 3 is 2.62 bits per heavy atom. The Kier molecular flexibility index (Phi) is 6.58. The maximum absolute atomic E-state index is 14.0. The van der Waals surface area contributed by atoms with Crippen molar-refractivity contribution in [1.82, 2.24) is 24.7 Å². The van der Waals surface area contributed by atoms with Crippen molar-refractivity contribution >= 4 is 17.3 Å². The molecule has 1 aromatic carbocycles. The highest BCUT2D eigenvalue weighted by molar-refractivity contribution is 7.80. The zero-order valence-corrected chi connectivity index (χ0v) is 19.9. The third-order valence-electron chi connectivity index (χ3n) is 6.06. The van der Waals surface area contributed by atoms with Crippen LogP contribution < -0.4 is 5.32 Å². The van der Waals surface area contributed by atoms with Gasteiger partial charge in [-0.1, -0.05) is 12.1 Å². The van der Waals surface area contributed by atoms with Crippen molar-refractivity contribution < 1.29 is 4.39 Å². The fraction of sp³-hybridized carbons (Fsp3) is 0.360. The molecule has 1 fully saturated rings. The van der Waals surface area contributed by atoms with E-state index in [1.54, 1.807) is 12.1 Å². The zero-order chi connectivity index (χ0) is 22.8. The number of hydrogen-bond donors (Lipinski definition) is 1. The second kappa shape index (κ2) is 9.38. The van der Waals surface area contributed by atoms with Crippen molar-refractivity contribution in [2.75, 3.05) is 27.2 Å². The van der Waals surface area contributed by atoms with E-state index in [0.717, 1.165) is 47.4 Å². The molecule has 5 nitrogen and oxygen atoms in total. The number of hydrogen-bond acceptors (Lipinski definition) is 3. The Morgan fingerprint density at radius 2 is 1.94 bits per heavy atom. The topological polar surface area (TPSA) is 36.3 Å². The van der Waals surface area contributed by atoms with Gasteiger partial charge in [-0.25, -0.2) is 4.39 Å². The number of rotatable bonds is 7. The highest BCUT2D eigenvalue weighted by Gasteiger charge is 2.41. The van der Waals surface area contributed by atoms with Gasteiger partial charge < -0.3 is 19.7 Å². The molecule has 2 aromatic heterocycles. The van der Waals surface area contributed by atoms with E-state index in [-0.39, 0.29) is 17.9 Å². The van der Waals surface area contributed by atoms with Gasteiger partial charge in [-0.05, 0) is 95.1 Å². The first-order valence-corrected chi connectivity index (χ1v) is 11.3. The predicted octanol–water partition coefficient (Wildman–Crippen LogP) is 4.55. The number of benzene rings is 1. The van der Waals surface area contributed by atoms with E-state index in [0.29, 0.717) is 0 Å². The Bertz CT molecular complexity index is 1090. The summed E-state index contributed by atoms with van der Waals surface area (Å²) in [6.45, 7) is 6.00. The summed E-state index contributed by atoms with van der Waals surface area (Å²) in [4.78, 5) is 9.10. The predicted molar refractivity (Wildman–Crippen MR) is 131 cm³/mol. The SMILES string of the molecule is Cc1cc([C@H]2[C@@H](c3ccccn3)NC(=S)N2CCCN(C)C)c(C)n1-c1cccc(F)c1. The lowest BCUT2D eigenvalue weighted by Gasteiger charge is -2.28. The maximum atomic E-state index is 14.0. The second-order valence-electron chi connectivity index (χ2n) is 8.62. The fourth-order valence-corrected chi connectivity index (χ4v) is 4.97. The lowest BCUT2D eigenvalue weighted by Crippen LogP contribution is -2.32. The minimum absolute atomic E-state index is 0.00747.